The highest BCUT2D eigenvalue weighted by Crippen LogP contribution is 2.35. The molecule has 0 radical (unpaired) electrons. The summed E-state index contributed by atoms with van der Waals surface area (Å²) < 4.78 is 0. The number of benzene rings is 1. The number of aromatic nitrogens is 2. The van der Waals surface area contributed by atoms with E-state index in [4.69, 9.17) is 0 Å². The molecule has 1 aliphatic rings. The predicted octanol–water partition coefficient (Wildman–Crippen LogP) is 2.64. The Labute approximate surface area is 122 Å². The molecule has 0 bridgehead atoms. The highest BCUT2D eigenvalue weighted by molar-refractivity contribution is 6.07. The Balaban J connectivity index is 2.03. The fraction of sp³-hybridized carbons (Fsp3) is 0.312. The fourth-order valence-electron chi connectivity index (χ4n) is 2.75. The molecule has 108 valence electrons. The molecule has 1 aliphatic heterocycles. The van der Waals surface area contributed by atoms with Crippen LogP contribution in [0.15, 0.2) is 18.2 Å². The van der Waals surface area contributed by atoms with E-state index in [0.717, 1.165) is 22.4 Å². The number of H-pyrrole nitrogens is 1. The summed E-state index contributed by atoms with van der Waals surface area (Å²) in [6.45, 7) is 5.86. The van der Waals surface area contributed by atoms with Gasteiger partial charge in [-0.05, 0) is 38.0 Å². The predicted molar refractivity (Wildman–Crippen MR) is 79.6 cm³/mol. The highest BCUT2D eigenvalue weighted by atomic mass is 16.2. The summed E-state index contributed by atoms with van der Waals surface area (Å²) in [5, 5.41) is 9.60. The molecule has 0 saturated heterocycles. The first kappa shape index (κ1) is 13.5. The Kier molecular flexibility index (Phi) is 3.12. The second-order valence-electron chi connectivity index (χ2n) is 5.58. The zero-order chi connectivity index (χ0) is 15.1. The van der Waals surface area contributed by atoms with Gasteiger partial charge in [-0.3, -0.25) is 14.7 Å². The number of hydrogen-bond acceptors (Lipinski definition) is 3. The van der Waals surface area contributed by atoms with Crippen LogP contribution in [0, 0.1) is 20.8 Å². The third-order valence-electron chi connectivity index (χ3n) is 4.10. The summed E-state index contributed by atoms with van der Waals surface area (Å²) in [7, 11) is 0. The number of aryl methyl sites for hydroxylation is 3. The first-order valence-electron chi connectivity index (χ1n) is 6.93. The van der Waals surface area contributed by atoms with Gasteiger partial charge in [0.2, 0.25) is 5.91 Å². The van der Waals surface area contributed by atoms with Gasteiger partial charge in [0, 0.05) is 23.2 Å². The number of hydrogen-bond donors (Lipinski definition) is 2. The van der Waals surface area contributed by atoms with Crippen LogP contribution in [0.1, 0.15) is 45.1 Å². The zero-order valence-electron chi connectivity index (χ0n) is 12.3. The van der Waals surface area contributed by atoms with Crippen molar-refractivity contribution in [2.75, 3.05) is 5.32 Å². The van der Waals surface area contributed by atoms with Gasteiger partial charge < -0.3 is 5.32 Å². The van der Waals surface area contributed by atoms with Crippen molar-refractivity contribution in [2.24, 2.45) is 0 Å². The van der Waals surface area contributed by atoms with Crippen LogP contribution in [-0.2, 0) is 4.79 Å². The fourth-order valence-corrected chi connectivity index (χ4v) is 2.75. The molecule has 1 aromatic carbocycles. The van der Waals surface area contributed by atoms with Crippen LogP contribution < -0.4 is 5.32 Å². The third kappa shape index (κ3) is 2.24. The Morgan fingerprint density at radius 1 is 1.24 bits per heavy atom. The van der Waals surface area contributed by atoms with Crippen molar-refractivity contribution < 1.29 is 9.59 Å². The average Bonchev–Trinajstić information content (AvgIpc) is 2.81. The van der Waals surface area contributed by atoms with Crippen LogP contribution in [-0.4, -0.2) is 21.9 Å². The minimum atomic E-state index is -0.463. The monoisotopic (exact) mass is 283 g/mol. The lowest BCUT2D eigenvalue weighted by Crippen LogP contribution is -2.27. The number of aromatic amines is 1. The molecule has 3 rings (SSSR count). The zero-order valence-corrected chi connectivity index (χ0v) is 12.3. The number of Topliss-reactive ketones (excluding diaryl/α,β-unsaturated/α-hetero) is 1. The lowest BCUT2D eigenvalue weighted by molar-refractivity contribution is -0.116. The van der Waals surface area contributed by atoms with Crippen LogP contribution in [0.25, 0.3) is 0 Å². The molecule has 0 fully saturated rings. The van der Waals surface area contributed by atoms with E-state index in [9.17, 15) is 9.59 Å². The van der Waals surface area contributed by atoms with Crippen LogP contribution in [0.5, 0.6) is 0 Å². The lowest BCUT2D eigenvalue weighted by atomic mass is 9.85. The van der Waals surface area contributed by atoms with E-state index in [-0.39, 0.29) is 18.1 Å². The van der Waals surface area contributed by atoms with E-state index in [1.165, 1.54) is 0 Å². The Hall–Kier alpha value is -2.43. The first-order valence-corrected chi connectivity index (χ1v) is 6.93. The largest absolute Gasteiger partial charge is 0.309 e. The van der Waals surface area contributed by atoms with E-state index >= 15 is 0 Å². The second kappa shape index (κ2) is 4.84. The molecule has 0 unspecified atom stereocenters. The van der Waals surface area contributed by atoms with Gasteiger partial charge in [-0.2, -0.15) is 5.10 Å². The van der Waals surface area contributed by atoms with Crippen LogP contribution in [0.3, 0.4) is 0 Å². The first-order chi connectivity index (χ1) is 9.97. The van der Waals surface area contributed by atoms with Crippen LogP contribution in [0.4, 0.5) is 5.82 Å². The maximum atomic E-state index is 12.8. The standard InChI is InChI=1S/C16H17N3O2/c1-8-4-5-11(6-9(8)2)15(21)12-7-13(20)17-16-14(12)10(3)18-19-16/h4-6,12H,7H2,1-3H3,(H2,17,18,19,20)/t12-/m1/s1. The van der Waals surface area contributed by atoms with Gasteiger partial charge >= 0.3 is 0 Å². The maximum Gasteiger partial charge on any atom is 0.226 e. The van der Waals surface area contributed by atoms with Crippen LogP contribution >= 0.6 is 0 Å². The third-order valence-corrected chi connectivity index (χ3v) is 4.10. The van der Waals surface area contributed by atoms with Gasteiger partial charge in [0.25, 0.3) is 0 Å². The van der Waals surface area contributed by atoms with Gasteiger partial charge in [-0.1, -0.05) is 12.1 Å². The SMILES string of the molecule is Cc1ccc(C(=O)[C@@H]2CC(=O)Nc3n[nH]c(C)c32)cc1C. The van der Waals surface area contributed by atoms with Crippen molar-refractivity contribution in [3.63, 3.8) is 0 Å². The van der Waals surface area contributed by atoms with Crippen molar-refractivity contribution in [1.82, 2.24) is 10.2 Å². The number of carbonyl (C=O) groups excluding carboxylic acids is 2. The lowest BCUT2D eigenvalue weighted by Gasteiger charge is -2.21. The number of nitrogens with one attached hydrogen (secondary N) is 2. The summed E-state index contributed by atoms with van der Waals surface area (Å²) in [5.41, 5.74) is 4.49. The topological polar surface area (TPSA) is 74.8 Å². The molecule has 1 amide bonds. The van der Waals surface area contributed by atoms with Crippen molar-refractivity contribution >= 4 is 17.5 Å². The summed E-state index contributed by atoms with van der Waals surface area (Å²) in [6.07, 6.45) is 0.166. The van der Waals surface area contributed by atoms with E-state index in [2.05, 4.69) is 15.5 Å². The van der Waals surface area contributed by atoms with E-state index in [1.54, 1.807) is 0 Å². The van der Waals surface area contributed by atoms with Crippen molar-refractivity contribution in [3.05, 3.63) is 46.1 Å². The van der Waals surface area contributed by atoms with Crippen molar-refractivity contribution in [2.45, 2.75) is 33.1 Å². The number of rotatable bonds is 2. The molecule has 21 heavy (non-hydrogen) atoms. The molecule has 1 aromatic heterocycles. The molecular weight excluding hydrogens is 266 g/mol. The number of nitrogens with zero attached hydrogens (tertiary/aromatic N) is 1. The normalized spacial score (nSPS) is 17.3. The Bertz CT molecular complexity index is 746. The van der Waals surface area contributed by atoms with Crippen LogP contribution in [0.2, 0.25) is 0 Å². The smallest absolute Gasteiger partial charge is 0.226 e. The summed E-state index contributed by atoms with van der Waals surface area (Å²) >= 11 is 0. The quantitative estimate of drug-likeness (QED) is 0.832. The number of fused-ring (bicyclic) bond motifs is 1. The number of ketones is 1. The average molecular weight is 283 g/mol. The molecule has 1 atom stereocenters. The molecule has 0 aliphatic carbocycles. The molecular formula is C16H17N3O2. The van der Waals surface area contributed by atoms with E-state index < -0.39 is 5.92 Å². The molecule has 2 aromatic rings. The minimum absolute atomic E-state index is 0.0290. The minimum Gasteiger partial charge on any atom is -0.309 e. The summed E-state index contributed by atoms with van der Waals surface area (Å²) in [6, 6.07) is 5.65. The van der Waals surface area contributed by atoms with Gasteiger partial charge in [0.15, 0.2) is 11.6 Å². The van der Waals surface area contributed by atoms with E-state index in [1.807, 2.05) is 39.0 Å². The number of carbonyl (C=O) groups is 2. The van der Waals surface area contributed by atoms with Gasteiger partial charge in [0.1, 0.15) is 0 Å². The number of anilines is 1. The van der Waals surface area contributed by atoms with Crippen molar-refractivity contribution in [3.8, 4) is 0 Å². The Morgan fingerprint density at radius 2 is 2.00 bits per heavy atom. The molecule has 2 N–H and O–H groups in total. The van der Waals surface area contributed by atoms with Crippen molar-refractivity contribution in [1.29, 1.82) is 0 Å². The highest BCUT2D eigenvalue weighted by Gasteiger charge is 2.34. The summed E-state index contributed by atoms with van der Waals surface area (Å²) in [5.74, 6) is -0.185. The number of amides is 1. The summed E-state index contributed by atoms with van der Waals surface area (Å²) in [4.78, 5) is 24.6. The maximum absolute atomic E-state index is 12.8. The Morgan fingerprint density at radius 3 is 2.71 bits per heavy atom. The molecule has 0 saturated carbocycles. The molecule has 0 spiro atoms. The second-order valence-corrected chi connectivity index (χ2v) is 5.58. The van der Waals surface area contributed by atoms with Gasteiger partial charge in [-0.25, -0.2) is 0 Å². The molecule has 5 heteroatoms. The molecule has 2 heterocycles. The van der Waals surface area contributed by atoms with Gasteiger partial charge in [-0.15, -0.1) is 0 Å². The van der Waals surface area contributed by atoms with E-state index in [0.29, 0.717) is 11.4 Å². The van der Waals surface area contributed by atoms with Gasteiger partial charge in [0.05, 0.1) is 5.92 Å². The molecule has 5 nitrogen and oxygen atoms in total.